The number of carbonyl (C=O) groups excluding carboxylic acids is 1. The zero-order chi connectivity index (χ0) is 26.4. The van der Waals surface area contributed by atoms with Gasteiger partial charge in [-0.15, -0.1) is 11.8 Å². The van der Waals surface area contributed by atoms with Crippen LogP contribution in [0.3, 0.4) is 0 Å². The number of anilines is 1. The average Bonchev–Trinajstić information content (AvgIpc) is 2.92. The summed E-state index contributed by atoms with van der Waals surface area (Å²) in [4.78, 5) is 14.2. The van der Waals surface area contributed by atoms with Gasteiger partial charge in [-0.05, 0) is 86.3 Å². The SMILES string of the molecule is CCOc1ccc(N(CC(=O)N[C@@H](C)c2ccc3c(c2)OCCO3)S(=O)(=O)c2ccc(SC)cc2)cc1. The predicted molar refractivity (Wildman–Crippen MR) is 144 cm³/mol. The van der Waals surface area contributed by atoms with E-state index >= 15 is 0 Å². The Morgan fingerprint density at radius 2 is 1.70 bits per heavy atom. The first-order chi connectivity index (χ1) is 17.8. The van der Waals surface area contributed by atoms with Crippen molar-refractivity contribution in [3.8, 4) is 17.2 Å². The fourth-order valence-corrected chi connectivity index (χ4v) is 5.72. The molecule has 1 aliphatic rings. The molecule has 196 valence electrons. The Balaban J connectivity index is 1.57. The maximum Gasteiger partial charge on any atom is 0.264 e. The van der Waals surface area contributed by atoms with E-state index in [1.165, 1.54) is 11.8 Å². The van der Waals surface area contributed by atoms with Crippen LogP contribution in [-0.4, -0.2) is 46.9 Å². The number of hydrogen-bond donors (Lipinski definition) is 1. The summed E-state index contributed by atoms with van der Waals surface area (Å²) in [5, 5.41) is 2.91. The molecule has 1 heterocycles. The molecule has 3 aromatic carbocycles. The molecular weight excluding hydrogens is 512 g/mol. The smallest absolute Gasteiger partial charge is 0.264 e. The molecule has 0 aromatic heterocycles. The number of amides is 1. The van der Waals surface area contributed by atoms with E-state index < -0.39 is 22.5 Å². The zero-order valence-corrected chi connectivity index (χ0v) is 22.6. The lowest BCUT2D eigenvalue weighted by Gasteiger charge is -2.26. The standard InChI is InChI=1S/C27H30N2O6S2/c1-4-33-22-8-6-21(7-9-22)29(37(31,32)24-12-10-23(36-3)11-13-24)18-27(30)28-19(2)20-5-14-25-26(17-20)35-16-15-34-25/h5-14,17,19H,4,15-16,18H2,1-3H3,(H,28,30)/t19-/m0/s1. The molecule has 10 heteroatoms. The minimum absolute atomic E-state index is 0.104. The first-order valence-corrected chi connectivity index (χ1v) is 14.6. The quantitative estimate of drug-likeness (QED) is 0.373. The van der Waals surface area contributed by atoms with Crippen LogP contribution in [-0.2, 0) is 14.8 Å². The summed E-state index contributed by atoms with van der Waals surface area (Å²) >= 11 is 1.52. The van der Waals surface area contributed by atoms with E-state index in [-0.39, 0.29) is 10.9 Å². The van der Waals surface area contributed by atoms with Gasteiger partial charge >= 0.3 is 0 Å². The van der Waals surface area contributed by atoms with Crippen molar-refractivity contribution < 1.29 is 27.4 Å². The van der Waals surface area contributed by atoms with Gasteiger partial charge in [0.05, 0.1) is 23.2 Å². The van der Waals surface area contributed by atoms with Gasteiger partial charge in [0.15, 0.2) is 11.5 Å². The lowest BCUT2D eigenvalue weighted by Crippen LogP contribution is -2.41. The minimum Gasteiger partial charge on any atom is -0.494 e. The van der Waals surface area contributed by atoms with E-state index in [2.05, 4.69) is 5.32 Å². The van der Waals surface area contributed by atoms with E-state index in [9.17, 15) is 13.2 Å². The third kappa shape index (κ3) is 6.31. The zero-order valence-electron chi connectivity index (χ0n) is 21.0. The number of thioether (sulfide) groups is 1. The van der Waals surface area contributed by atoms with Crippen molar-refractivity contribution in [3.05, 3.63) is 72.3 Å². The highest BCUT2D eigenvalue weighted by atomic mass is 32.2. The second kappa shape index (κ2) is 11.8. The van der Waals surface area contributed by atoms with Crippen molar-refractivity contribution in [3.63, 3.8) is 0 Å². The van der Waals surface area contributed by atoms with E-state index in [4.69, 9.17) is 14.2 Å². The van der Waals surface area contributed by atoms with Crippen molar-refractivity contribution in [2.45, 2.75) is 29.7 Å². The molecule has 0 bridgehead atoms. The van der Waals surface area contributed by atoms with Gasteiger partial charge in [0.2, 0.25) is 5.91 Å². The molecular formula is C27H30N2O6S2. The molecule has 0 saturated heterocycles. The Bertz CT molecular complexity index is 1330. The van der Waals surface area contributed by atoms with Crippen LogP contribution in [0.5, 0.6) is 17.2 Å². The van der Waals surface area contributed by atoms with E-state index in [0.717, 1.165) is 14.8 Å². The fourth-order valence-electron chi connectivity index (χ4n) is 3.90. The highest BCUT2D eigenvalue weighted by Gasteiger charge is 2.28. The topological polar surface area (TPSA) is 94.2 Å². The number of carbonyl (C=O) groups is 1. The average molecular weight is 543 g/mol. The second-order valence-electron chi connectivity index (χ2n) is 8.31. The highest BCUT2D eigenvalue weighted by Crippen LogP contribution is 2.33. The Hall–Kier alpha value is -3.37. The third-order valence-electron chi connectivity index (χ3n) is 5.81. The predicted octanol–water partition coefficient (Wildman–Crippen LogP) is 4.65. The normalized spacial score (nSPS) is 13.5. The van der Waals surface area contributed by atoms with Crippen LogP contribution in [0, 0.1) is 0 Å². The Morgan fingerprint density at radius 1 is 1.03 bits per heavy atom. The number of benzene rings is 3. The molecule has 1 aliphatic heterocycles. The van der Waals surface area contributed by atoms with Crippen molar-refractivity contribution in [2.24, 2.45) is 0 Å². The van der Waals surface area contributed by atoms with E-state index in [1.54, 1.807) is 54.6 Å². The van der Waals surface area contributed by atoms with E-state index in [0.29, 0.717) is 42.8 Å². The number of nitrogens with one attached hydrogen (secondary N) is 1. The number of hydrogen-bond acceptors (Lipinski definition) is 7. The number of ether oxygens (including phenoxy) is 3. The van der Waals surface area contributed by atoms with Crippen molar-refractivity contribution in [1.29, 1.82) is 0 Å². The third-order valence-corrected chi connectivity index (χ3v) is 8.35. The molecule has 37 heavy (non-hydrogen) atoms. The lowest BCUT2D eigenvalue weighted by atomic mass is 10.1. The Labute approximate surface area is 222 Å². The lowest BCUT2D eigenvalue weighted by molar-refractivity contribution is -0.120. The summed E-state index contributed by atoms with van der Waals surface area (Å²) in [5.41, 5.74) is 1.18. The molecule has 0 saturated carbocycles. The number of fused-ring (bicyclic) bond motifs is 1. The van der Waals surface area contributed by atoms with Crippen LogP contribution < -0.4 is 23.8 Å². The van der Waals surface area contributed by atoms with Gasteiger partial charge in [-0.2, -0.15) is 0 Å². The maximum atomic E-state index is 13.7. The van der Waals surface area contributed by atoms with Gasteiger partial charge in [-0.25, -0.2) is 8.42 Å². The van der Waals surface area contributed by atoms with E-state index in [1.807, 2.05) is 32.2 Å². The van der Waals surface area contributed by atoms with Crippen LogP contribution in [0.1, 0.15) is 25.5 Å². The molecule has 1 N–H and O–H groups in total. The summed E-state index contributed by atoms with van der Waals surface area (Å²) < 4.78 is 45.2. The summed E-state index contributed by atoms with van der Waals surface area (Å²) in [5.74, 6) is 1.45. The van der Waals surface area contributed by atoms with Gasteiger partial charge in [-0.3, -0.25) is 9.10 Å². The number of sulfonamides is 1. The van der Waals surface area contributed by atoms with Crippen molar-refractivity contribution >= 4 is 33.4 Å². The summed E-state index contributed by atoms with van der Waals surface area (Å²) in [6.45, 7) is 4.76. The van der Waals surface area contributed by atoms with Crippen molar-refractivity contribution in [1.82, 2.24) is 5.32 Å². The fraction of sp³-hybridized carbons (Fsp3) is 0.296. The molecule has 8 nitrogen and oxygen atoms in total. The maximum absolute atomic E-state index is 13.7. The van der Waals surface area contributed by atoms with Crippen molar-refractivity contribution in [2.75, 3.05) is 36.9 Å². The monoisotopic (exact) mass is 542 g/mol. The van der Waals surface area contributed by atoms with Crippen LogP contribution in [0.15, 0.2) is 76.5 Å². The second-order valence-corrected chi connectivity index (χ2v) is 11.0. The van der Waals surface area contributed by atoms with Gasteiger partial charge in [0.1, 0.15) is 25.5 Å². The number of rotatable bonds is 10. The first kappa shape index (κ1) is 26.7. The largest absolute Gasteiger partial charge is 0.494 e. The van der Waals surface area contributed by atoms with Gasteiger partial charge in [0, 0.05) is 4.90 Å². The van der Waals surface area contributed by atoms with Crippen LogP contribution >= 0.6 is 11.8 Å². The molecule has 0 radical (unpaired) electrons. The van der Waals surface area contributed by atoms with Crippen LogP contribution in [0.4, 0.5) is 5.69 Å². The van der Waals surface area contributed by atoms with Gasteiger partial charge in [-0.1, -0.05) is 6.07 Å². The first-order valence-electron chi connectivity index (χ1n) is 11.9. The molecule has 0 spiro atoms. The van der Waals surface area contributed by atoms with Gasteiger partial charge in [0.25, 0.3) is 10.0 Å². The number of nitrogens with zero attached hydrogens (tertiary/aromatic N) is 1. The molecule has 1 atom stereocenters. The van der Waals surface area contributed by atoms with Crippen LogP contribution in [0.25, 0.3) is 0 Å². The highest BCUT2D eigenvalue weighted by molar-refractivity contribution is 7.98. The molecule has 0 unspecified atom stereocenters. The molecule has 0 aliphatic carbocycles. The van der Waals surface area contributed by atoms with Gasteiger partial charge < -0.3 is 19.5 Å². The molecule has 1 amide bonds. The molecule has 4 rings (SSSR count). The van der Waals surface area contributed by atoms with Crippen LogP contribution in [0.2, 0.25) is 0 Å². The molecule has 3 aromatic rings. The Kier molecular flexibility index (Phi) is 8.50. The summed E-state index contributed by atoms with van der Waals surface area (Å²) in [6.07, 6.45) is 1.92. The summed E-state index contributed by atoms with van der Waals surface area (Å²) in [7, 11) is -4.03. The molecule has 0 fully saturated rings. The summed E-state index contributed by atoms with van der Waals surface area (Å²) in [6, 6.07) is 18.4. The Morgan fingerprint density at radius 3 is 2.35 bits per heavy atom. The minimum atomic E-state index is -4.03.